The number of likely N-dealkylation sites (tertiary alicyclic amines) is 1. The molecule has 0 aromatic carbocycles. The summed E-state index contributed by atoms with van der Waals surface area (Å²) in [6.07, 6.45) is 10.2. The fraction of sp³-hybridized carbons (Fsp3) is 0.778. The molecule has 0 saturated carbocycles. The number of nitrogens with zero attached hydrogens (tertiary/aromatic N) is 4. The molecule has 6 heteroatoms. The van der Waals surface area contributed by atoms with Gasteiger partial charge in [0.1, 0.15) is 0 Å². The third kappa shape index (κ3) is 6.26. The second kappa shape index (κ2) is 10.3. The van der Waals surface area contributed by atoms with E-state index in [0.717, 1.165) is 38.6 Å². The summed E-state index contributed by atoms with van der Waals surface area (Å²) in [5, 5.41) is 7.86. The number of halogens is 1. The van der Waals surface area contributed by atoms with E-state index in [-0.39, 0.29) is 24.0 Å². The molecule has 5 nitrogen and oxygen atoms in total. The zero-order chi connectivity index (χ0) is 16.7. The molecule has 0 bridgehead atoms. The number of nitrogens with one attached hydrogen (secondary N) is 1. The lowest BCUT2D eigenvalue weighted by atomic mass is 9.78. The van der Waals surface area contributed by atoms with Gasteiger partial charge in [-0.3, -0.25) is 9.67 Å². The Morgan fingerprint density at radius 1 is 1.46 bits per heavy atom. The van der Waals surface area contributed by atoms with Gasteiger partial charge in [0, 0.05) is 39.4 Å². The summed E-state index contributed by atoms with van der Waals surface area (Å²) in [4.78, 5) is 6.94. The monoisotopic (exact) mass is 447 g/mol. The highest BCUT2D eigenvalue weighted by atomic mass is 127. The molecule has 1 N–H and O–H groups in total. The van der Waals surface area contributed by atoms with Crippen molar-refractivity contribution in [1.82, 2.24) is 20.0 Å². The fourth-order valence-corrected chi connectivity index (χ4v) is 3.67. The quantitative estimate of drug-likeness (QED) is 0.313. The van der Waals surface area contributed by atoms with E-state index in [2.05, 4.69) is 47.3 Å². The maximum Gasteiger partial charge on any atom is 0.193 e. The van der Waals surface area contributed by atoms with Crippen LogP contribution < -0.4 is 5.32 Å². The lowest BCUT2D eigenvalue weighted by Crippen LogP contribution is -2.50. The van der Waals surface area contributed by atoms with Gasteiger partial charge in [-0.2, -0.15) is 5.10 Å². The molecule has 1 aromatic heterocycles. The third-order valence-electron chi connectivity index (χ3n) is 4.76. The van der Waals surface area contributed by atoms with Crippen LogP contribution in [0.1, 0.15) is 51.5 Å². The lowest BCUT2D eigenvalue weighted by molar-refractivity contribution is 0.142. The van der Waals surface area contributed by atoms with Crippen LogP contribution in [0.4, 0.5) is 0 Å². The van der Waals surface area contributed by atoms with Gasteiger partial charge in [-0.05, 0) is 43.6 Å². The molecule has 2 rings (SSSR count). The van der Waals surface area contributed by atoms with Crippen LogP contribution in [-0.2, 0) is 6.54 Å². The summed E-state index contributed by atoms with van der Waals surface area (Å²) in [5.74, 6) is 1.06. The number of piperidine rings is 1. The molecule has 0 spiro atoms. The normalized spacial score (nSPS) is 21.5. The Morgan fingerprint density at radius 2 is 2.25 bits per heavy atom. The Hall–Kier alpha value is -0.790. The van der Waals surface area contributed by atoms with Crippen molar-refractivity contribution in [2.24, 2.45) is 10.4 Å². The zero-order valence-electron chi connectivity index (χ0n) is 15.7. The van der Waals surface area contributed by atoms with Crippen LogP contribution in [0.2, 0.25) is 0 Å². The Bertz CT molecular complexity index is 509. The van der Waals surface area contributed by atoms with Gasteiger partial charge in [-0.15, -0.1) is 24.0 Å². The Morgan fingerprint density at radius 3 is 2.88 bits per heavy atom. The zero-order valence-corrected chi connectivity index (χ0v) is 18.0. The van der Waals surface area contributed by atoms with Crippen LogP contribution in [0.25, 0.3) is 0 Å². The predicted octanol–water partition coefficient (Wildman–Crippen LogP) is 3.68. The van der Waals surface area contributed by atoms with Crippen LogP contribution in [0, 0.1) is 12.3 Å². The van der Waals surface area contributed by atoms with Gasteiger partial charge in [0.15, 0.2) is 5.96 Å². The van der Waals surface area contributed by atoms with Crippen molar-refractivity contribution in [1.29, 1.82) is 0 Å². The van der Waals surface area contributed by atoms with Crippen molar-refractivity contribution in [2.45, 2.75) is 59.4 Å². The number of aromatic nitrogens is 2. The van der Waals surface area contributed by atoms with Crippen LogP contribution >= 0.6 is 24.0 Å². The molecular formula is C18H34IN5. The molecule has 1 fully saturated rings. The molecular weight excluding hydrogens is 413 g/mol. The summed E-state index contributed by atoms with van der Waals surface area (Å²) in [5.41, 5.74) is 1.66. The molecule has 138 valence electrons. The topological polar surface area (TPSA) is 45.5 Å². The van der Waals surface area contributed by atoms with Crippen molar-refractivity contribution < 1.29 is 0 Å². The number of hydrogen-bond acceptors (Lipinski definition) is 2. The minimum Gasteiger partial charge on any atom is -0.356 e. The second-order valence-corrected chi connectivity index (χ2v) is 7.19. The minimum absolute atomic E-state index is 0. The van der Waals surface area contributed by atoms with Gasteiger partial charge in [-0.25, -0.2) is 0 Å². The highest BCUT2D eigenvalue weighted by molar-refractivity contribution is 14.0. The van der Waals surface area contributed by atoms with Crippen molar-refractivity contribution in [3.05, 3.63) is 18.0 Å². The van der Waals surface area contributed by atoms with Gasteiger partial charge in [0.25, 0.3) is 0 Å². The van der Waals surface area contributed by atoms with Gasteiger partial charge < -0.3 is 10.2 Å². The van der Waals surface area contributed by atoms with E-state index < -0.39 is 0 Å². The number of hydrogen-bond donors (Lipinski definition) is 1. The van der Waals surface area contributed by atoms with E-state index in [1.165, 1.54) is 31.2 Å². The molecule has 2 heterocycles. The van der Waals surface area contributed by atoms with Crippen molar-refractivity contribution in [3.63, 3.8) is 0 Å². The predicted molar refractivity (Wildman–Crippen MR) is 112 cm³/mol. The van der Waals surface area contributed by atoms with E-state index in [1.54, 1.807) is 0 Å². The molecule has 24 heavy (non-hydrogen) atoms. The first-order valence-electron chi connectivity index (χ1n) is 9.01. The van der Waals surface area contributed by atoms with E-state index in [4.69, 9.17) is 0 Å². The van der Waals surface area contributed by atoms with Gasteiger partial charge in [-0.1, -0.05) is 20.3 Å². The number of aryl methyl sites for hydroxylation is 2. The second-order valence-electron chi connectivity index (χ2n) is 7.19. The molecule has 0 radical (unpaired) electrons. The summed E-state index contributed by atoms with van der Waals surface area (Å²) in [6, 6.07) is 0. The Kier molecular flexibility index (Phi) is 9.08. The lowest BCUT2D eigenvalue weighted by Gasteiger charge is -2.42. The Labute approximate surface area is 164 Å². The van der Waals surface area contributed by atoms with E-state index in [1.807, 2.05) is 17.9 Å². The number of aliphatic imine (C=N–C) groups is 1. The van der Waals surface area contributed by atoms with E-state index >= 15 is 0 Å². The van der Waals surface area contributed by atoms with Crippen LogP contribution in [0.15, 0.2) is 17.4 Å². The fourth-order valence-electron chi connectivity index (χ4n) is 3.67. The Balaban J connectivity index is 0.00000288. The maximum atomic E-state index is 4.50. The highest BCUT2D eigenvalue weighted by Gasteiger charge is 2.31. The number of guanidine groups is 1. The summed E-state index contributed by atoms with van der Waals surface area (Å²) in [7, 11) is 1.89. The van der Waals surface area contributed by atoms with Crippen molar-refractivity contribution in [2.75, 3.05) is 26.7 Å². The van der Waals surface area contributed by atoms with Crippen molar-refractivity contribution in [3.8, 4) is 0 Å². The van der Waals surface area contributed by atoms with Gasteiger partial charge >= 0.3 is 0 Å². The van der Waals surface area contributed by atoms with Gasteiger partial charge in [0.05, 0.1) is 6.20 Å². The summed E-state index contributed by atoms with van der Waals surface area (Å²) >= 11 is 0. The molecule has 0 amide bonds. The number of rotatable bonds is 6. The van der Waals surface area contributed by atoms with Crippen LogP contribution in [0.5, 0.6) is 0 Å². The molecule has 1 aliphatic rings. The molecule has 1 unspecified atom stereocenters. The van der Waals surface area contributed by atoms with E-state index in [9.17, 15) is 0 Å². The van der Waals surface area contributed by atoms with Gasteiger partial charge in [0.2, 0.25) is 0 Å². The minimum atomic E-state index is 0. The average Bonchev–Trinajstić information content (AvgIpc) is 2.93. The third-order valence-corrected chi connectivity index (χ3v) is 4.76. The molecule has 1 atom stereocenters. The molecule has 1 aliphatic heterocycles. The first-order valence-corrected chi connectivity index (χ1v) is 9.01. The van der Waals surface area contributed by atoms with Crippen LogP contribution in [-0.4, -0.2) is 47.3 Å². The summed E-state index contributed by atoms with van der Waals surface area (Å²) in [6.45, 7) is 10.9. The maximum absolute atomic E-state index is 4.50. The molecule has 1 saturated heterocycles. The first-order chi connectivity index (χ1) is 11.1. The van der Waals surface area contributed by atoms with Crippen LogP contribution in [0.3, 0.4) is 0 Å². The standard InChI is InChI=1S/C18H33N5.HI/c1-5-8-18(3)9-6-11-22(15-18)17(19-4)20-10-7-12-23-14-16(2)13-21-23;/h13-14H,5-12,15H2,1-4H3,(H,19,20);1H. The highest BCUT2D eigenvalue weighted by Crippen LogP contribution is 2.33. The largest absolute Gasteiger partial charge is 0.356 e. The first kappa shape index (κ1) is 21.3. The molecule has 1 aromatic rings. The summed E-state index contributed by atoms with van der Waals surface area (Å²) < 4.78 is 2.01. The average molecular weight is 447 g/mol. The SMILES string of the molecule is CCCC1(C)CCCN(C(=NC)NCCCn2cc(C)cn2)C1.I. The smallest absolute Gasteiger partial charge is 0.193 e. The van der Waals surface area contributed by atoms with E-state index in [0.29, 0.717) is 5.41 Å². The van der Waals surface area contributed by atoms with Crippen molar-refractivity contribution >= 4 is 29.9 Å². The molecule has 0 aliphatic carbocycles.